The molecule has 0 spiro atoms. The lowest BCUT2D eigenvalue weighted by molar-refractivity contribution is 0.0951. The number of aryl methyl sites for hydroxylation is 1. The molecular weight excluding hydrogens is 346 g/mol. The van der Waals surface area contributed by atoms with Crippen LogP contribution < -0.4 is 16.4 Å². The van der Waals surface area contributed by atoms with Crippen molar-refractivity contribution in [3.05, 3.63) is 53.9 Å². The zero-order valence-electron chi connectivity index (χ0n) is 14.3. The van der Waals surface area contributed by atoms with Gasteiger partial charge in [0, 0.05) is 23.5 Å². The molecule has 1 fully saturated rings. The summed E-state index contributed by atoms with van der Waals surface area (Å²) < 4.78 is 0. The molecule has 3 aromatic rings. The highest BCUT2D eigenvalue weighted by Gasteiger charge is 2.23. The molecule has 1 aliphatic rings. The van der Waals surface area contributed by atoms with Crippen LogP contribution in [0.3, 0.4) is 0 Å². The Morgan fingerprint density at radius 3 is 2.65 bits per heavy atom. The first kappa shape index (κ1) is 16.5. The second-order valence-electron chi connectivity index (χ2n) is 6.35. The van der Waals surface area contributed by atoms with Crippen LogP contribution in [0.15, 0.2) is 42.6 Å². The molecule has 4 N–H and O–H groups in total. The number of nitrogens with two attached hydrogens (primary N) is 1. The van der Waals surface area contributed by atoms with Crippen molar-refractivity contribution in [3.8, 4) is 10.4 Å². The summed E-state index contributed by atoms with van der Waals surface area (Å²) in [6.07, 6.45) is 3.92. The molecule has 1 aromatic carbocycles. The van der Waals surface area contributed by atoms with Crippen LogP contribution in [0.4, 0.5) is 16.6 Å². The Kier molecular flexibility index (Phi) is 4.30. The largest absolute Gasteiger partial charge is 0.375 e. The first-order chi connectivity index (χ1) is 12.6. The van der Waals surface area contributed by atoms with E-state index in [0.29, 0.717) is 16.7 Å². The van der Waals surface area contributed by atoms with Gasteiger partial charge in [-0.05, 0) is 61.7 Å². The quantitative estimate of drug-likeness (QED) is 0.641. The number of anilines is 3. The zero-order chi connectivity index (χ0) is 18.1. The van der Waals surface area contributed by atoms with E-state index in [9.17, 15) is 4.79 Å². The number of thiazole rings is 1. The Morgan fingerprint density at radius 1 is 1.23 bits per heavy atom. The van der Waals surface area contributed by atoms with Crippen molar-refractivity contribution >= 4 is 33.9 Å². The van der Waals surface area contributed by atoms with Gasteiger partial charge in [0.2, 0.25) is 0 Å². The van der Waals surface area contributed by atoms with Crippen LogP contribution in [0.2, 0.25) is 0 Å². The van der Waals surface area contributed by atoms with Gasteiger partial charge in [-0.3, -0.25) is 4.79 Å². The highest BCUT2D eigenvalue weighted by atomic mass is 32.1. The van der Waals surface area contributed by atoms with E-state index < -0.39 is 0 Å². The van der Waals surface area contributed by atoms with E-state index in [4.69, 9.17) is 5.73 Å². The number of carbonyl (C=O) groups is 1. The number of nitrogens with zero attached hydrogens (tertiary/aromatic N) is 2. The van der Waals surface area contributed by atoms with Crippen LogP contribution in [-0.2, 0) is 0 Å². The second-order valence-corrected chi connectivity index (χ2v) is 7.38. The summed E-state index contributed by atoms with van der Waals surface area (Å²) in [5, 5.41) is 6.81. The summed E-state index contributed by atoms with van der Waals surface area (Å²) >= 11 is 1.46. The van der Waals surface area contributed by atoms with Crippen LogP contribution >= 0.6 is 11.3 Å². The average molecular weight is 365 g/mol. The number of nitrogens with one attached hydrogen (secondary N) is 2. The van der Waals surface area contributed by atoms with Gasteiger partial charge in [0.25, 0.3) is 5.91 Å². The van der Waals surface area contributed by atoms with Crippen molar-refractivity contribution < 1.29 is 4.79 Å². The van der Waals surface area contributed by atoms with E-state index in [1.54, 1.807) is 6.20 Å². The number of hydrogen-bond acceptors (Lipinski definition) is 6. The lowest BCUT2D eigenvalue weighted by atomic mass is 10.2. The number of pyridine rings is 1. The smallest absolute Gasteiger partial charge is 0.251 e. The van der Waals surface area contributed by atoms with Crippen LogP contribution in [0.25, 0.3) is 10.4 Å². The predicted molar refractivity (Wildman–Crippen MR) is 105 cm³/mol. The second kappa shape index (κ2) is 6.76. The number of benzene rings is 1. The molecule has 0 unspecified atom stereocenters. The Hall–Kier alpha value is -2.93. The minimum absolute atomic E-state index is 0.0163. The molecule has 1 saturated carbocycles. The Balaban J connectivity index is 1.49. The molecule has 0 aliphatic heterocycles. The maximum atomic E-state index is 12.0. The zero-order valence-corrected chi connectivity index (χ0v) is 15.1. The number of amides is 1. The van der Waals surface area contributed by atoms with E-state index in [0.717, 1.165) is 40.5 Å². The SMILES string of the molecule is Cc1nc(N)sc1-c1ccnc(Nc2ccc(C(=O)NC3CC3)cc2)c1. The molecule has 2 heterocycles. The molecule has 26 heavy (non-hydrogen) atoms. The highest BCUT2D eigenvalue weighted by molar-refractivity contribution is 7.18. The molecule has 0 atom stereocenters. The maximum absolute atomic E-state index is 12.0. The minimum Gasteiger partial charge on any atom is -0.375 e. The van der Waals surface area contributed by atoms with Gasteiger partial charge in [-0.1, -0.05) is 11.3 Å². The Bertz CT molecular complexity index is 947. The molecule has 132 valence electrons. The molecule has 6 nitrogen and oxygen atoms in total. The summed E-state index contributed by atoms with van der Waals surface area (Å²) in [5.74, 6) is 0.710. The van der Waals surface area contributed by atoms with Crippen LogP contribution in [0.5, 0.6) is 0 Å². The Morgan fingerprint density at radius 2 is 2.00 bits per heavy atom. The highest BCUT2D eigenvalue weighted by Crippen LogP contribution is 2.32. The molecule has 0 radical (unpaired) electrons. The molecule has 1 amide bonds. The third-order valence-corrected chi connectivity index (χ3v) is 5.20. The Labute approximate surface area is 155 Å². The van der Waals surface area contributed by atoms with E-state index >= 15 is 0 Å². The molecule has 2 aromatic heterocycles. The van der Waals surface area contributed by atoms with Gasteiger partial charge in [0.05, 0.1) is 10.6 Å². The van der Waals surface area contributed by atoms with Gasteiger partial charge in [-0.2, -0.15) is 0 Å². The molecule has 0 bridgehead atoms. The number of nitrogen functional groups attached to an aromatic ring is 1. The average Bonchev–Trinajstić information content (AvgIpc) is 3.37. The summed E-state index contributed by atoms with van der Waals surface area (Å²) in [4.78, 5) is 21.7. The number of carbonyl (C=O) groups excluding carboxylic acids is 1. The van der Waals surface area contributed by atoms with Gasteiger partial charge >= 0.3 is 0 Å². The number of aromatic nitrogens is 2. The standard InChI is InChI=1S/C19H19N5OS/c1-11-17(26-19(20)22-11)13-8-9-21-16(10-13)23-14-4-2-12(3-5-14)18(25)24-15-6-7-15/h2-5,8-10,15H,6-7H2,1H3,(H2,20,22)(H,21,23)(H,24,25). The number of hydrogen-bond donors (Lipinski definition) is 3. The fourth-order valence-corrected chi connectivity index (χ4v) is 3.50. The van der Waals surface area contributed by atoms with E-state index in [-0.39, 0.29) is 5.91 Å². The van der Waals surface area contributed by atoms with Crippen molar-refractivity contribution in [2.24, 2.45) is 0 Å². The summed E-state index contributed by atoms with van der Waals surface area (Å²) in [7, 11) is 0. The molecule has 1 aliphatic carbocycles. The molecule has 0 saturated heterocycles. The first-order valence-electron chi connectivity index (χ1n) is 8.46. The lowest BCUT2D eigenvalue weighted by Crippen LogP contribution is -2.25. The first-order valence-corrected chi connectivity index (χ1v) is 9.27. The minimum atomic E-state index is -0.0163. The van der Waals surface area contributed by atoms with Crippen molar-refractivity contribution in [2.75, 3.05) is 11.1 Å². The topological polar surface area (TPSA) is 92.9 Å². The van der Waals surface area contributed by atoms with Gasteiger partial charge in [0.15, 0.2) is 5.13 Å². The van der Waals surface area contributed by atoms with Crippen LogP contribution in [-0.4, -0.2) is 21.9 Å². The van der Waals surface area contributed by atoms with Gasteiger partial charge in [-0.15, -0.1) is 0 Å². The maximum Gasteiger partial charge on any atom is 0.251 e. The van der Waals surface area contributed by atoms with E-state index in [1.165, 1.54) is 11.3 Å². The summed E-state index contributed by atoms with van der Waals surface area (Å²) in [6, 6.07) is 11.7. The third-order valence-electron chi connectivity index (χ3n) is 4.17. The van der Waals surface area contributed by atoms with Crippen molar-refractivity contribution in [3.63, 3.8) is 0 Å². The van der Waals surface area contributed by atoms with Gasteiger partial charge < -0.3 is 16.4 Å². The fourth-order valence-electron chi connectivity index (χ4n) is 2.67. The van der Waals surface area contributed by atoms with Crippen LogP contribution in [0, 0.1) is 6.92 Å². The fraction of sp³-hybridized carbons (Fsp3) is 0.211. The summed E-state index contributed by atoms with van der Waals surface area (Å²) in [6.45, 7) is 1.95. The molecular formula is C19H19N5OS. The van der Waals surface area contributed by atoms with Crippen LogP contribution in [0.1, 0.15) is 28.9 Å². The van der Waals surface area contributed by atoms with E-state index in [1.807, 2.05) is 43.3 Å². The number of rotatable bonds is 5. The lowest BCUT2D eigenvalue weighted by Gasteiger charge is -2.08. The van der Waals surface area contributed by atoms with Crippen molar-refractivity contribution in [1.82, 2.24) is 15.3 Å². The van der Waals surface area contributed by atoms with E-state index in [2.05, 4.69) is 20.6 Å². The third kappa shape index (κ3) is 3.67. The molecule has 4 rings (SSSR count). The summed E-state index contributed by atoms with van der Waals surface area (Å²) in [5.41, 5.74) is 9.27. The van der Waals surface area contributed by atoms with Gasteiger partial charge in [-0.25, -0.2) is 9.97 Å². The van der Waals surface area contributed by atoms with Gasteiger partial charge in [0.1, 0.15) is 5.82 Å². The van der Waals surface area contributed by atoms with Crippen molar-refractivity contribution in [1.29, 1.82) is 0 Å². The predicted octanol–water partition coefficient (Wildman–Crippen LogP) is 3.73. The van der Waals surface area contributed by atoms with Crippen molar-refractivity contribution in [2.45, 2.75) is 25.8 Å². The monoisotopic (exact) mass is 365 g/mol. The molecule has 7 heteroatoms. The normalized spacial score (nSPS) is 13.4.